The molecule has 7 heteroatoms. The third-order valence-corrected chi connectivity index (χ3v) is 5.10. The predicted octanol–water partition coefficient (Wildman–Crippen LogP) is 2.86. The van der Waals surface area contributed by atoms with Crippen molar-refractivity contribution in [3.63, 3.8) is 0 Å². The summed E-state index contributed by atoms with van der Waals surface area (Å²) in [4.78, 5) is 20.5. The van der Waals surface area contributed by atoms with Crippen molar-refractivity contribution in [2.24, 2.45) is 4.99 Å². The molecule has 6 nitrogen and oxygen atoms in total. The van der Waals surface area contributed by atoms with E-state index in [0.717, 1.165) is 26.1 Å². The number of nitrogens with zero attached hydrogens (tertiary/aromatic N) is 3. The van der Waals surface area contributed by atoms with E-state index in [1.54, 1.807) is 19.0 Å². The monoisotopic (exact) mass is 501 g/mol. The molecule has 1 aliphatic rings. The number of likely N-dealkylation sites (N-methyl/N-ethyl adjacent to an activating group) is 1. The first-order chi connectivity index (χ1) is 13.0. The summed E-state index contributed by atoms with van der Waals surface area (Å²) in [5.41, 5.74) is 1.32. The minimum Gasteiger partial charge on any atom is -0.354 e. The van der Waals surface area contributed by atoms with E-state index in [-0.39, 0.29) is 36.4 Å². The topological polar surface area (TPSA) is 60.0 Å². The van der Waals surface area contributed by atoms with Crippen LogP contribution in [0, 0.1) is 0 Å². The summed E-state index contributed by atoms with van der Waals surface area (Å²) in [5.74, 6) is 0.707. The number of benzene rings is 1. The maximum Gasteiger partial charge on any atom is 0.243 e. The summed E-state index contributed by atoms with van der Waals surface area (Å²) in [7, 11) is 3.51. The van der Waals surface area contributed by atoms with Crippen LogP contribution >= 0.6 is 24.0 Å². The zero-order valence-corrected chi connectivity index (χ0v) is 20.0. The standard InChI is InChI=1S/C21H35N5O.HI/c1-5-17(2)24-21(23-16-20(27)25(3)4)22-15-19(26-13-9-10-14-26)18-11-7-6-8-12-18;/h6-8,11-12,17,19H,5,9-10,13-16H2,1-4H3,(H2,22,23,24);1H. The number of guanidine groups is 1. The fraction of sp³-hybridized carbons (Fsp3) is 0.619. The van der Waals surface area contributed by atoms with Gasteiger partial charge in [-0.1, -0.05) is 37.3 Å². The highest BCUT2D eigenvalue weighted by Crippen LogP contribution is 2.24. The molecule has 2 N–H and O–H groups in total. The number of hydrogen-bond acceptors (Lipinski definition) is 3. The summed E-state index contributed by atoms with van der Waals surface area (Å²) in [5, 5.41) is 6.89. The van der Waals surface area contributed by atoms with Gasteiger partial charge in [0, 0.05) is 26.7 Å². The molecule has 1 aromatic rings. The number of carbonyl (C=O) groups is 1. The molecule has 2 unspecified atom stereocenters. The van der Waals surface area contributed by atoms with Crippen LogP contribution in [0.25, 0.3) is 0 Å². The molecule has 0 spiro atoms. The van der Waals surface area contributed by atoms with E-state index >= 15 is 0 Å². The molecule has 0 aliphatic carbocycles. The summed E-state index contributed by atoms with van der Waals surface area (Å²) >= 11 is 0. The number of hydrogen-bond donors (Lipinski definition) is 2. The Hall–Kier alpha value is -1.35. The fourth-order valence-electron chi connectivity index (χ4n) is 3.16. The molecule has 1 saturated heterocycles. The Morgan fingerprint density at radius 3 is 2.43 bits per heavy atom. The van der Waals surface area contributed by atoms with Crippen LogP contribution in [-0.2, 0) is 4.79 Å². The van der Waals surface area contributed by atoms with Crippen LogP contribution in [0.5, 0.6) is 0 Å². The summed E-state index contributed by atoms with van der Waals surface area (Å²) in [6.07, 6.45) is 3.51. The van der Waals surface area contributed by atoms with E-state index in [1.165, 1.54) is 18.4 Å². The predicted molar refractivity (Wildman–Crippen MR) is 127 cm³/mol. The number of halogens is 1. The largest absolute Gasteiger partial charge is 0.354 e. The minimum absolute atomic E-state index is 0. The van der Waals surface area contributed by atoms with Crippen molar-refractivity contribution >= 4 is 35.8 Å². The lowest BCUT2D eigenvalue weighted by molar-refractivity contribution is -0.127. The van der Waals surface area contributed by atoms with Gasteiger partial charge < -0.3 is 15.5 Å². The Bertz CT molecular complexity index is 602. The van der Waals surface area contributed by atoms with Crippen LogP contribution in [0.15, 0.2) is 35.3 Å². The summed E-state index contributed by atoms with van der Waals surface area (Å²) in [6, 6.07) is 11.2. The quantitative estimate of drug-likeness (QED) is 0.327. The van der Waals surface area contributed by atoms with Gasteiger partial charge >= 0.3 is 0 Å². The fourth-order valence-corrected chi connectivity index (χ4v) is 3.16. The molecule has 1 aliphatic heterocycles. The molecule has 1 aromatic carbocycles. The first-order valence-electron chi connectivity index (χ1n) is 10.0. The average Bonchev–Trinajstić information content (AvgIpc) is 3.20. The molecule has 1 heterocycles. The van der Waals surface area contributed by atoms with Crippen molar-refractivity contribution in [1.82, 2.24) is 20.4 Å². The highest BCUT2D eigenvalue weighted by atomic mass is 127. The van der Waals surface area contributed by atoms with Gasteiger partial charge in [-0.15, -0.1) is 24.0 Å². The second-order valence-electron chi connectivity index (χ2n) is 7.46. The van der Waals surface area contributed by atoms with Crippen LogP contribution in [0.2, 0.25) is 0 Å². The number of aliphatic imine (C=N–C) groups is 1. The van der Waals surface area contributed by atoms with Gasteiger partial charge in [-0.05, 0) is 44.8 Å². The summed E-state index contributed by atoms with van der Waals surface area (Å²) in [6.45, 7) is 7.44. The minimum atomic E-state index is -0.000552. The molecule has 2 rings (SSSR count). The van der Waals surface area contributed by atoms with Gasteiger partial charge in [0.1, 0.15) is 6.54 Å². The highest BCUT2D eigenvalue weighted by Gasteiger charge is 2.23. The van der Waals surface area contributed by atoms with Gasteiger partial charge in [0.2, 0.25) is 5.91 Å². The van der Waals surface area contributed by atoms with Gasteiger partial charge in [0.25, 0.3) is 0 Å². The molecular formula is C21H36IN5O. The molecule has 0 aromatic heterocycles. The van der Waals surface area contributed by atoms with Gasteiger partial charge in [-0.2, -0.15) is 0 Å². The van der Waals surface area contributed by atoms with Crippen molar-refractivity contribution in [3.05, 3.63) is 35.9 Å². The zero-order valence-electron chi connectivity index (χ0n) is 17.6. The molecule has 0 radical (unpaired) electrons. The number of nitrogens with one attached hydrogen (secondary N) is 2. The second kappa shape index (κ2) is 13.0. The van der Waals surface area contributed by atoms with E-state index in [9.17, 15) is 4.79 Å². The maximum absolute atomic E-state index is 11.9. The van der Waals surface area contributed by atoms with E-state index in [1.807, 2.05) is 0 Å². The lowest BCUT2D eigenvalue weighted by Gasteiger charge is -2.29. The third-order valence-electron chi connectivity index (χ3n) is 5.10. The van der Waals surface area contributed by atoms with E-state index in [2.05, 4.69) is 64.7 Å². The van der Waals surface area contributed by atoms with E-state index in [0.29, 0.717) is 18.0 Å². The molecule has 28 heavy (non-hydrogen) atoms. The van der Waals surface area contributed by atoms with Crippen molar-refractivity contribution in [3.8, 4) is 0 Å². The lowest BCUT2D eigenvalue weighted by Crippen LogP contribution is -2.46. The Balaban J connectivity index is 0.00000392. The van der Waals surface area contributed by atoms with Gasteiger partial charge in [0.05, 0.1) is 6.04 Å². The average molecular weight is 501 g/mol. The normalized spacial score (nSPS) is 16.8. The Morgan fingerprint density at radius 1 is 1.21 bits per heavy atom. The number of rotatable bonds is 8. The first-order valence-corrected chi connectivity index (χ1v) is 10.0. The highest BCUT2D eigenvalue weighted by molar-refractivity contribution is 14.0. The van der Waals surface area contributed by atoms with E-state index in [4.69, 9.17) is 0 Å². The number of likely N-dealkylation sites (tertiary alicyclic amines) is 1. The van der Waals surface area contributed by atoms with Crippen molar-refractivity contribution in [1.29, 1.82) is 0 Å². The van der Waals surface area contributed by atoms with Crippen molar-refractivity contribution < 1.29 is 4.79 Å². The van der Waals surface area contributed by atoms with Gasteiger partial charge in [-0.3, -0.25) is 9.69 Å². The van der Waals surface area contributed by atoms with Crippen molar-refractivity contribution in [2.75, 3.05) is 40.3 Å². The van der Waals surface area contributed by atoms with Crippen LogP contribution in [-0.4, -0.2) is 68.0 Å². The molecule has 0 bridgehead atoms. The van der Waals surface area contributed by atoms with Gasteiger partial charge in [0.15, 0.2) is 5.96 Å². The molecule has 0 saturated carbocycles. The molecular weight excluding hydrogens is 465 g/mol. The van der Waals surface area contributed by atoms with Crippen LogP contribution in [0.1, 0.15) is 44.7 Å². The summed E-state index contributed by atoms with van der Waals surface area (Å²) < 4.78 is 0. The molecule has 1 fully saturated rings. The number of carbonyl (C=O) groups excluding carboxylic acids is 1. The van der Waals surface area contributed by atoms with Gasteiger partial charge in [-0.25, -0.2) is 4.99 Å². The van der Waals surface area contributed by atoms with E-state index < -0.39 is 0 Å². The maximum atomic E-state index is 11.9. The Morgan fingerprint density at radius 2 is 1.86 bits per heavy atom. The van der Waals surface area contributed by atoms with Crippen LogP contribution in [0.4, 0.5) is 0 Å². The van der Waals surface area contributed by atoms with Crippen LogP contribution in [0.3, 0.4) is 0 Å². The Labute approximate surface area is 187 Å². The molecule has 1 amide bonds. The molecule has 2 atom stereocenters. The zero-order chi connectivity index (χ0) is 19.6. The molecule has 158 valence electrons. The smallest absolute Gasteiger partial charge is 0.243 e. The lowest BCUT2D eigenvalue weighted by atomic mass is 10.1. The SMILES string of the molecule is CCC(C)NC(=NCC(=O)N(C)C)NCC(c1ccccc1)N1CCCC1.I. The second-order valence-corrected chi connectivity index (χ2v) is 7.46. The Kier molecular flexibility index (Phi) is 11.4. The third kappa shape index (κ3) is 7.95. The first kappa shape index (κ1) is 24.7. The number of amides is 1. The van der Waals surface area contributed by atoms with Crippen LogP contribution < -0.4 is 10.6 Å². The van der Waals surface area contributed by atoms with Crippen molar-refractivity contribution in [2.45, 2.75) is 45.2 Å².